The van der Waals surface area contributed by atoms with Crippen LogP contribution in [-0.2, 0) is 6.50 Å². The van der Waals surface area contributed by atoms with Crippen molar-refractivity contribution in [1.29, 1.82) is 0 Å². The predicted molar refractivity (Wildman–Crippen MR) is 105 cm³/mol. The van der Waals surface area contributed by atoms with Gasteiger partial charge in [-0.3, -0.25) is 4.79 Å². The summed E-state index contributed by atoms with van der Waals surface area (Å²) < 4.78 is 94.9. The molecule has 0 unspecified atom stereocenters. The molecule has 6 nitrogen and oxygen atoms in total. The molecular weight excluding hydrogens is 392 g/mol. The fraction of sp³-hybridized carbons (Fsp3) is 0.227. The molecular formula is C22H19F2N3O3. The molecule has 0 saturated carbocycles. The number of hydrogen-bond donors (Lipinski definition) is 0. The second kappa shape index (κ2) is 8.06. The molecule has 0 bridgehead atoms. The van der Waals surface area contributed by atoms with E-state index in [1.165, 1.54) is 30.6 Å². The number of amides is 1. The summed E-state index contributed by atoms with van der Waals surface area (Å²) in [6, 6.07) is 4.34. The number of halogens is 2. The minimum atomic E-state index is -3.45. The number of alkyl halides is 2. The van der Waals surface area contributed by atoms with Gasteiger partial charge in [-0.25, -0.2) is 9.97 Å². The summed E-state index contributed by atoms with van der Waals surface area (Å²) >= 11 is 0. The standard InChI is InChI=1S/C22H19F2N3O3/c1-22(23,24)30-17-6-3-15(4-7-17)16-5-8-19-18(13-16)21(28)27(11-12-29-19)14-20-25-9-2-10-26-20/h2-10,13H,11-12,14H2,1H3/i5D,8D,12D2,13D,14D2. The molecule has 2 heterocycles. The van der Waals surface area contributed by atoms with Crippen LogP contribution in [0.15, 0.2) is 60.9 Å². The van der Waals surface area contributed by atoms with Crippen LogP contribution < -0.4 is 9.47 Å². The number of aromatic nitrogens is 2. The SMILES string of the molecule is [2H]c1c([2H])c(-c2ccc(OC(C)(F)F)cc2)c([2H])c2c1OC([2H])([2H])CN(C([2H])([2H])c1ncccn1)C2=O. The molecule has 1 aromatic heterocycles. The molecule has 8 heteroatoms. The number of benzene rings is 2. The van der Waals surface area contributed by atoms with Gasteiger partial charge in [-0.1, -0.05) is 18.2 Å². The van der Waals surface area contributed by atoms with Crippen molar-refractivity contribution < 1.29 is 32.6 Å². The molecule has 0 spiro atoms. The Morgan fingerprint density at radius 1 is 1.27 bits per heavy atom. The summed E-state index contributed by atoms with van der Waals surface area (Å²) in [6.07, 6.45) is -0.966. The van der Waals surface area contributed by atoms with Crippen LogP contribution in [-0.4, -0.2) is 40.0 Å². The van der Waals surface area contributed by atoms with Crippen LogP contribution >= 0.6 is 0 Å². The highest BCUT2D eigenvalue weighted by Gasteiger charge is 2.25. The van der Waals surface area contributed by atoms with Crippen LogP contribution in [0.4, 0.5) is 8.78 Å². The van der Waals surface area contributed by atoms with Crippen molar-refractivity contribution in [2.24, 2.45) is 0 Å². The largest absolute Gasteiger partial charge is 0.491 e. The molecule has 3 aromatic rings. The summed E-state index contributed by atoms with van der Waals surface area (Å²) in [5.41, 5.74) is -0.772. The Hall–Kier alpha value is -3.55. The maximum Gasteiger partial charge on any atom is 0.394 e. The first-order valence-corrected chi connectivity index (χ1v) is 8.72. The maximum atomic E-state index is 13.6. The highest BCUT2D eigenvalue weighted by atomic mass is 19.3. The number of carbonyl (C=O) groups is 1. The van der Waals surface area contributed by atoms with E-state index >= 15 is 0 Å². The quantitative estimate of drug-likeness (QED) is 0.622. The number of fused-ring (bicyclic) bond motifs is 1. The van der Waals surface area contributed by atoms with Crippen LogP contribution in [0, 0.1) is 0 Å². The number of hydrogen-bond acceptors (Lipinski definition) is 5. The topological polar surface area (TPSA) is 64.6 Å². The molecule has 4 rings (SSSR count). The van der Waals surface area contributed by atoms with Crippen molar-refractivity contribution >= 4 is 5.91 Å². The van der Waals surface area contributed by atoms with Gasteiger partial charge in [0, 0.05) is 19.3 Å². The number of ether oxygens (including phenoxy) is 2. The Morgan fingerprint density at radius 3 is 2.70 bits per heavy atom. The first-order chi connectivity index (χ1) is 17.1. The van der Waals surface area contributed by atoms with Crippen LogP contribution in [0.1, 0.15) is 32.7 Å². The zero-order valence-electron chi connectivity index (χ0n) is 22.6. The van der Waals surface area contributed by atoms with Gasteiger partial charge in [0.2, 0.25) is 0 Å². The molecule has 1 aliphatic heterocycles. The average Bonchev–Trinajstić information content (AvgIpc) is 2.92. The summed E-state index contributed by atoms with van der Waals surface area (Å²) in [7, 11) is 0. The van der Waals surface area contributed by atoms with E-state index in [1.54, 1.807) is 0 Å². The van der Waals surface area contributed by atoms with E-state index in [1.807, 2.05) is 0 Å². The van der Waals surface area contributed by atoms with E-state index in [-0.39, 0.29) is 16.9 Å². The fourth-order valence-corrected chi connectivity index (χ4v) is 2.61. The monoisotopic (exact) mass is 418 g/mol. The van der Waals surface area contributed by atoms with Crippen molar-refractivity contribution in [1.82, 2.24) is 14.9 Å². The molecule has 0 saturated heterocycles. The first kappa shape index (κ1) is 12.9. The van der Waals surface area contributed by atoms with Gasteiger partial charge < -0.3 is 14.4 Å². The molecule has 0 N–H and O–H groups in total. The highest BCUT2D eigenvalue weighted by molar-refractivity contribution is 5.98. The average molecular weight is 418 g/mol. The fourth-order valence-electron chi connectivity index (χ4n) is 2.61. The van der Waals surface area contributed by atoms with Crippen molar-refractivity contribution in [2.45, 2.75) is 19.5 Å². The third-order valence-corrected chi connectivity index (χ3v) is 3.87. The minimum absolute atomic E-state index is 0.110. The lowest BCUT2D eigenvalue weighted by Crippen LogP contribution is -2.32. The lowest BCUT2D eigenvalue weighted by molar-refractivity contribution is -0.158. The molecule has 2 aromatic carbocycles. The smallest absolute Gasteiger partial charge is 0.394 e. The minimum Gasteiger partial charge on any atom is -0.491 e. The summed E-state index contributed by atoms with van der Waals surface area (Å²) in [5.74, 6) is -2.52. The van der Waals surface area contributed by atoms with Gasteiger partial charge in [-0.15, -0.1) is 0 Å². The van der Waals surface area contributed by atoms with Gasteiger partial charge >= 0.3 is 6.11 Å². The van der Waals surface area contributed by atoms with E-state index in [4.69, 9.17) is 14.3 Å². The van der Waals surface area contributed by atoms with Crippen molar-refractivity contribution in [3.63, 3.8) is 0 Å². The lowest BCUT2D eigenvalue weighted by atomic mass is 10.0. The second-order valence-corrected chi connectivity index (χ2v) is 6.21. The number of rotatable bonds is 5. The van der Waals surface area contributed by atoms with Crippen molar-refractivity contribution in [3.8, 4) is 22.6 Å². The van der Waals surface area contributed by atoms with E-state index in [9.17, 15) is 13.6 Å². The predicted octanol–water partition coefficient (Wildman–Crippen LogP) is 4.17. The van der Waals surface area contributed by atoms with E-state index in [0.29, 0.717) is 11.8 Å². The van der Waals surface area contributed by atoms with Gasteiger partial charge in [-0.2, -0.15) is 8.78 Å². The number of nitrogens with zero attached hydrogens (tertiary/aromatic N) is 3. The van der Waals surface area contributed by atoms with Gasteiger partial charge in [0.15, 0.2) is 0 Å². The summed E-state index contributed by atoms with van der Waals surface area (Å²) in [5, 5.41) is 0. The molecule has 30 heavy (non-hydrogen) atoms. The highest BCUT2D eigenvalue weighted by Crippen LogP contribution is 2.31. The Bertz CT molecular complexity index is 1350. The van der Waals surface area contributed by atoms with E-state index < -0.39 is 66.9 Å². The Morgan fingerprint density at radius 2 is 2.00 bits per heavy atom. The zero-order chi connectivity index (χ0) is 27.3. The Kier molecular flexibility index (Phi) is 3.46. The van der Waals surface area contributed by atoms with Crippen LogP contribution in [0.25, 0.3) is 11.1 Å². The lowest BCUT2D eigenvalue weighted by Gasteiger charge is -2.19. The van der Waals surface area contributed by atoms with Gasteiger partial charge in [-0.05, 0) is 41.4 Å². The molecule has 1 aliphatic rings. The zero-order valence-corrected chi connectivity index (χ0v) is 15.6. The maximum absolute atomic E-state index is 13.6. The van der Waals surface area contributed by atoms with Crippen LogP contribution in [0.5, 0.6) is 11.5 Å². The molecule has 0 atom stereocenters. The Labute approximate surface area is 181 Å². The third kappa shape index (κ3) is 4.53. The van der Waals surface area contributed by atoms with Crippen LogP contribution in [0.3, 0.4) is 0 Å². The molecule has 0 fully saturated rings. The van der Waals surface area contributed by atoms with Crippen molar-refractivity contribution in [2.75, 3.05) is 13.1 Å². The van der Waals surface area contributed by atoms with E-state index in [0.717, 1.165) is 12.1 Å². The molecule has 0 radical (unpaired) electrons. The van der Waals surface area contributed by atoms with Crippen LogP contribution in [0.2, 0.25) is 0 Å². The summed E-state index contributed by atoms with van der Waals surface area (Å²) in [4.78, 5) is 21.8. The number of carbonyl (C=O) groups excluding carboxylic acids is 1. The first-order valence-electron chi connectivity index (χ1n) is 12.2. The molecule has 1 amide bonds. The van der Waals surface area contributed by atoms with Gasteiger partial charge in [0.05, 0.1) is 28.2 Å². The van der Waals surface area contributed by atoms with E-state index in [2.05, 4.69) is 14.7 Å². The molecule has 154 valence electrons. The molecule has 0 aliphatic carbocycles. The van der Waals surface area contributed by atoms with Gasteiger partial charge in [0.1, 0.15) is 23.9 Å². The van der Waals surface area contributed by atoms with Gasteiger partial charge in [0.25, 0.3) is 5.91 Å². The third-order valence-electron chi connectivity index (χ3n) is 3.87. The Balaban J connectivity index is 1.88. The normalized spacial score (nSPS) is 19.5. The van der Waals surface area contributed by atoms with Crippen molar-refractivity contribution in [3.05, 3.63) is 72.2 Å². The second-order valence-electron chi connectivity index (χ2n) is 6.21. The summed E-state index contributed by atoms with van der Waals surface area (Å²) in [6.45, 7) is -5.83.